The first-order valence-electron chi connectivity index (χ1n) is 9.18. The molecule has 0 unspecified atom stereocenters. The molecule has 0 radical (unpaired) electrons. The number of carbonyl (C=O) groups excluding carboxylic acids is 3. The number of ether oxygens (including phenoxy) is 1. The Morgan fingerprint density at radius 2 is 1.79 bits per heavy atom. The van der Waals surface area contributed by atoms with Crippen molar-refractivity contribution in [1.29, 1.82) is 0 Å². The lowest BCUT2D eigenvalue weighted by atomic mass is 9.97. The number of nitrogens with zero attached hydrogens (tertiary/aromatic N) is 3. The summed E-state index contributed by atoms with van der Waals surface area (Å²) in [4.78, 5) is 40.2. The fourth-order valence-corrected chi connectivity index (χ4v) is 3.92. The molecule has 2 heterocycles. The highest BCUT2D eigenvalue weighted by atomic mass is 79.9. The zero-order valence-corrected chi connectivity index (χ0v) is 17.4. The van der Waals surface area contributed by atoms with Gasteiger partial charge in [-0.15, -0.1) is 0 Å². The number of hydrogen-bond donors (Lipinski definition) is 0. The Kier molecular flexibility index (Phi) is 4.96. The number of amides is 2. The molecule has 0 aliphatic carbocycles. The number of halogens is 1. The molecule has 8 heteroatoms. The molecular weight excluding hydrogens is 438 g/mol. The van der Waals surface area contributed by atoms with Crippen LogP contribution in [0.3, 0.4) is 0 Å². The van der Waals surface area contributed by atoms with Crippen molar-refractivity contribution >= 4 is 50.8 Å². The number of aryl methyl sites for hydroxylation is 1. The van der Waals surface area contributed by atoms with Crippen LogP contribution < -0.4 is 9.91 Å². The molecule has 1 fully saturated rings. The van der Waals surface area contributed by atoms with Gasteiger partial charge in [-0.25, -0.2) is 9.69 Å². The van der Waals surface area contributed by atoms with Gasteiger partial charge >= 0.3 is 5.97 Å². The van der Waals surface area contributed by atoms with Crippen LogP contribution in [0.1, 0.15) is 12.5 Å². The van der Waals surface area contributed by atoms with Crippen LogP contribution in [-0.4, -0.2) is 36.1 Å². The molecule has 1 saturated heterocycles. The maximum Gasteiger partial charge on any atom is 0.355 e. The zero-order chi connectivity index (χ0) is 20.7. The van der Waals surface area contributed by atoms with Gasteiger partial charge in [0.2, 0.25) is 5.91 Å². The fourth-order valence-electron chi connectivity index (χ4n) is 3.65. The standard InChI is InChI=1S/C21H18BrN3O4/c1-3-29-21(28)17-16-18(25(23-17)15-7-5-4-6-12(15)2)20(27)24(19(16)26)14-10-8-13(22)9-11-14/h4-11,16,18H,3H2,1-2H3/t16-,18-/m1/s1. The minimum absolute atomic E-state index is 0.0435. The molecule has 2 aliphatic heterocycles. The minimum Gasteiger partial charge on any atom is -0.461 e. The van der Waals surface area contributed by atoms with Crippen molar-refractivity contribution < 1.29 is 19.1 Å². The van der Waals surface area contributed by atoms with Gasteiger partial charge < -0.3 is 4.74 Å². The van der Waals surface area contributed by atoms with Crippen LogP contribution in [0.5, 0.6) is 0 Å². The molecule has 148 valence electrons. The Morgan fingerprint density at radius 3 is 2.45 bits per heavy atom. The van der Waals surface area contributed by atoms with E-state index in [0.29, 0.717) is 11.4 Å². The highest BCUT2D eigenvalue weighted by Gasteiger charge is 2.59. The third-order valence-corrected chi connectivity index (χ3v) is 5.51. The van der Waals surface area contributed by atoms with Crippen LogP contribution in [0, 0.1) is 12.8 Å². The maximum absolute atomic E-state index is 13.3. The summed E-state index contributed by atoms with van der Waals surface area (Å²) in [5.41, 5.74) is 1.95. The molecule has 0 spiro atoms. The largest absolute Gasteiger partial charge is 0.461 e. The van der Waals surface area contributed by atoms with Gasteiger partial charge in [-0.3, -0.25) is 14.6 Å². The summed E-state index contributed by atoms with van der Waals surface area (Å²) >= 11 is 3.35. The molecule has 0 saturated carbocycles. The maximum atomic E-state index is 13.3. The van der Waals surface area contributed by atoms with Crippen LogP contribution in [0.2, 0.25) is 0 Å². The van der Waals surface area contributed by atoms with Crippen molar-refractivity contribution in [2.45, 2.75) is 19.9 Å². The van der Waals surface area contributed by atoms with Crippen LogP contribution in [0.4, 0.5) is 11.4 Å². The number of imide groups is 1. The van der Waals surface area contributed by atoms with Gasteiger partial charge in [0, 0.05) is 4.47 Å². The first-order chi connectivity index (χ1) is 13.9. The molecule has 2 aromatic carbocycles. The number of esters is 1. The summed E-state index contributed by atoms with van der Waals surface area (Å²) < 4.78 is 5.93. The zero-order valence-electron chi connectivity index (χ0n) is 15.8. The second kappa shape index (κ2) is 7.44. The van der Waals surface area contributed by atoms with Gasteiger partial charge in [0.05, 0.1) is 18.0 Å². The lowest BCUT2D eigenvalue weighted by Crippen LogP contribution is -2.39. The summed E-state index contributed by atoms with van der Waals surface area (Å²) in [6.45, 7) is 3.72. The monoisotopic (exact) mass is 455 g/mol. The SMILES string of the molecule is CCOC(=O)C1=NN(c2ccccc2C)[C@H]2C(=O)N(c3ccc(Br)cc3)C(=O)[C@H]12. The van der Waals surface area contributed by atoms with E-state index < -0.39 is 29.7 Å². The number of rotatable bonds is 4. The van der Waals surface area contributed by atoms with E-state index in [9.17, 15) is 14.4 Å². The highest BCUT2D eigenvalue weighted by Crippen LogP contribution is 2.39. The molecule has 2 amide bonds. The van der Waals surface area contributed by atoms with E-state index in [0.717, 1.165) is 14.9 Å². The third kappa shape index (κ3) is 3.13. The molecular formula is C21H18BrN3O4. The van der Waals surface area contributed by atoms with E-state index in [-0.39, 0.29) is 12.3 Å². The first-order valence-corrected chi connectivity index (χ1v) is 9.97. The number of carbonyl (C=O) groups is 3. The Morgan fingerprint density at radius 1 is 1.10 bits per heavy atom. The predicted octanol–water partition coefficient (Wildman–Crippen LogP) is 3.05. The van der Waals surface area contributed by atoms with E-state index in [2.05, 4.69) is 21.0 Å². The van der Waals surface area contributed by atoms with E-state index >= 15 is 0 Å². The molecule has 2 aromatic rings. The van der Waals surface area contributed by atoms with E-state index in [1.807, 2.05) is 31.2 Å². The van der Waals surface area contributed by atoms with E-state index in [1.54, 1.807) is 31.2 Å². The minimum atomic E-state index is -1.01. The van der Waals surface area contributed by atoms with E-state index in [1.165, 1.54) is 5.01 Å². The third-order valence-electron chi connectivity index (χ3n) is 4.98. The number of hydrogen-bond acceptors (Lipinski definition) is 6. The number of fused-ring (bicyclic) bond motifs is 1. The van der Waals surface area contributed by atoms with Gasteiger partial charge in [-0.05, 0) is 49.7 Å². The average Bonchev–Trinajstić information content (AvgIpc) is 3.21. The van der Waals surface area contributed by atoms with Crippen molar-refractivity contribution in [1.82, 2.24) is 0 Å². The number of anilines is 2. The second-order valence-corrected chi connectivity index (χ2v) is 7.66. The normalized spacial score (nSPS) is 20.7. The molecule has 29 heavy (non-hydrogen) atoms. The molecule has 2 aliphatic rings. The quantitative estimate of drug-likeness (QED) is 0.522. The van der Waals surface area contributed by atoms with Crippen molar-refractivity contribution in [3.63, 3.8) is 0 Å². The second-order valence-electron chi connectivity index (χ2n) is 6.75. The number of hydrazone groups is 1. The van der Waals surface area contributed by atoms with Gasteiger partial charge in [-0.1, -0.05) is 34.1 Å². The summed E-state index contributed by atoms with van der Waals surface area (Å²) in [6.07, 6.45) is 0. The van der Waals surface area contributed by atoms with E-state index in [4.69, 9.17) is 4.74 Å². The van der Waals surface area contributed by atoms with Crippen LogP contribution in [-0.2, 0) is 19.1 Å². The Bertz CT molecular complexity index is 1030. The first kappa shape index (κ1) is 19.3. The topological polar surface area (TPSA) is 79.3 Å². The molecule has 0 N–H and O–H groups in total. The Hall–Kier alpha value is -3.00. The van der Waals surface area contributed by atoms with Crippen LogP contribution >= 0.6 is 15.9 Å². The number of para-hydroxylation sites is 1. The molecule has 7 nitrogen and oxygen atoms in total. The lowest BCUT2D eigenvalue weighted by Gasteiger charge is -2.23. The predicted molar refractivity (Wildman–Crippen MR) is 112 cm³/mol. The molecule has 0 aromatic heterocycles. The van der Waals surface area contributed by atoms with Crippen LogP contribution in [0.25, 0.3) is 0 Å². The fraction of sp³-hybridized carbons (Fsp3) is 0.238. The lowest BCUT2D eigenvalue weighted by molar-refractivity contribution is -0.136. The van der Waals surface area contributed by atoms with Gasteiger partial charge in [-0.2, -0.15) is 5.10 Å². The summed E-state index contributed by atoms with van der Waals surface area (Å²) in [5.74, 6) is -2.60. The summed E-state index contributed by atoms with van der Waals surface area (Å²) in [7, 11) is 0. The Labute approximate surface area is 176 Å². The van der Waals surface area contributed by atoms with Crippen molar-refractivity contribution in [3.05, 3.63) is 58.6 Å². The van der Waals surface area contributed by atoms with Crippen LogP contribution in [0.15, 0.2) is 58.1 Å². The summed E-state index contributed by atoms with van der Waals surface area (Å²) in [5, 5.41) is 5.84. The molecule has 2 atom stereocenters. The van der Waals surface area contributed by atoms with Gasteiger partial charge in [0.15, 0.2) is 5.71 Å². The molecule has 4 rings (SSSR count). The smallest absolute Gasteiger partial charge is 0.355 e. The number of benzene rings is 2. The van der Waals surface area contributed by atoms with Crippen molar-refractivity contribution in [2.75, 3.05) is 16.5 Å². The Balaban J connectivity index is 1.81. The average molecular weight is 456 g/mol. The van der Waals surface area contributed by atoms with Gasteiger partial charge in [0.25, 0.3) is 5.91 Å². The van der Waals surface area contributed by atoms with Gasteiger partial charge in [0.1, 0.15) is 12.0 Å². The van der Waals surface area contributed by atoms with Crippen molar-refractivity contribution in [2.24, 2.45) is 11.0 Å². The highest BCUT2D eigenvalue weighted by molar-refractivity contribution is 9.10. The van der Waals surface area contributed by atoms with Crippen molar-refractivity contribution in [3.8, 4) is 0 Å². The summed E-state index contributed by atoms with van der Waals surface area (Å²) in [6, 6.07) is 13.3. The molecule has 0 bridgehead atoms.